The van der Waals surface area contributed by atoms with E-state index in [4.69, 9.17) is 4.74 Å². The fourth-order valence-corrected chi connectivity index (χ4v) is 2.94. The quantitative estimate of drug-likeness (QED) is 0.207. The summed E-state index contributed by atoms with van der Waals surface area (Å²) in [4.78, 5) is 0. The van der Waals surface area contributed by atoms with E-state index in [-0.39, 0.29) is 5.60 Å². The van der Waals surface area contributed by atoms with Crippen molar-refractivity contribution in [3.8, 4) is 0 Å². The molecule has 0 aromatic heterocycles. The molecule has 1 atom stereocenters. The van der Waals surface area contributed by atoms with Crippen molar-refractivity contribution in [1.82, 2.24) is 0 Å². The largest absolute Gasteiger partial charge is 0.367 e. The van der Waals surface area contributed by atoms with Crippen molar-refractivity contribution in [1.29, 1.82) is 0 Å². The van der Waals surface area contributed by atoms with Gasteiger partial charge in [-0.25, -0.2) is 0 Å². The lowest BCUT2D eigenvalue weighted by molar-refractivity contribution is 0.320. The second-order valence-electron chi connectivity index (χ2n) is 7.84. The Balaban J connectivity index is 2.14. The first-order chi connectivity index (χ1) is 11.3. The van der Waals surface area contributed by atoms with E-state index < -0.39 is 0 Å². The Hall–Kier alpha value is -1.08. The van der Waals surface area contributed by atoms with Gasteiger partial charge in [0.15, 0.2) is 0 Å². The molecule has 0 aromatic carbocycles. The molecule has 1 heteroatoms. The van der Waals surface area contributed by atoms with Crippen LogP contribution in [0, 0.1) is 0 Å². The summed E-state index contributed by atoms with van der Waals surface area (Å²) in [6.45, 7) is 14.9. The van der Waals surface area contributed by atoms with Crippen LogP contribution in [0.2, 0.25) is 0 Å². The van der Waals surface area contributed by atoms with Crippen molar-refractivity contribution in [2.24, 2.45) is 0 Å². The molecule has 1 fully saturated rings. The third-order valence-corrected chi connectivity index (χ3v) is 4.89. The zero-order valence-corrected chi connectivity index (χ0v) is 16.7. The van der Waals surface area contributed by atoms with Gasteiger partial charge in [-0.3, -0.25) is 0 Å². The third kappa shape index (κ3) is 9.27. The summed E-state index contributed by atoms with van der Waals surface area (Å²) in [5.74, 6) is 0. The lowest BCUT2D eigenvalue weighted by atomic mass is 10.0. The zero-order valence-electron chi connectivity index (χ0n) is 16.7. The summed E-state index contributed by atoms with van der Waals surface area (Å²) < 4.78 is 5.64. The third-order valence-electron chi connectivity index (χ3n) is 4.89. The first-order valence-corrected chi connectivity index (χ1v) is 9.60. The van der Waals surface area contributed by atoms with Gasteiger partial charge >= 0.3 is 0 Å². The smallest absolute Gasteiger partial charge is 0.0892 e. The van der Waals surface area contributed by atoms with Crippen molar-refractivity contribution >= 4 is 0 Å². The number of rotatable bonds is 12. The normalized spacial score (nSPS) is 21.0. The van der Waals surface area contributed by atoms with E-state index in [1.54, 1.807) is 0 Å². The van der Waals surface area contributed by atoms with Crippen molar-refractivity contribution < 1.29 is 4.74 Å². The number of hydrogen-bond acceptors (Lipinski definition) is 1. The Kier molecular flexibility index (Phi) is 9.36. The molecule has 1 saturated heterocycles. The summed E-state index contributed by atoms with van der Waals surface area (Å²) in [6, 6.07) is 0. The van der Waals surface area contributed by atoms with E-state index in [2.05, 4.69) is 59.4 Å². The Morgan fingerprint density at radius 2 is 1.29 bits per heavy atom. The minimum Gasteiger partial charge on any atom is -0.367 e. The van der Waals surface area contributed by atoms with Crippen molar-refractivity contribution in [2.75, 3.05) is 0 Å². The molecule has 0 radical (unpaired) electrons. The standard InChI is InChI=1S/C23H38O/c1-7-8-12-19(2)13-9-10-14-20(3)15-11-16-21(4)17-18-22-23(5,6)24-22/h7,13-14,16,22H,1,8-12,15,17-18H2,2-6H3/b19-13+,20-14+,21-16?. The highest BCUT2D eigenvalue weighted by Gasteiger charge is 2.46. The Bertz CT molecular complexity index is 476. The first-order valence-electron chi connectivity index (χ1n) is 9.60. The second kappa shape index (κ2) is 10.7. The van der Waals surface area contributed by atoms with E-state index in [1.165, 1.54) is 36.0 Å². The van der Waals surface area contributed by atoms with Crippen molar-refractivity contribution in [3.63, 3.8) is 0 Å². The molecule has 24 heavy (non-hydrogen) atoms. The van der Waals surface area contributed by atoms with Gasteiger partial charge in [0.05, 0.1) is 11.7 Å². The van der Waals surface area contributed by atoms with E-state index in [0.29, 0.717) is 6.10 Å². The summed E-state index contributed by atoms with van der Waals surface area (Å²) in [5, 5.41) is 0. The molecule has 136 valence electrons. The van der Waals surface area contributed by atoms with E-state index in [0.717, 1.165) is 32.1 Å². The molecule has 1 nitrogen and oxygen atoms in total. The molecular formula is C23H38O. The lowest BCUT2D eigenvalue weighted by Gasteiger charge is -2.02. The van der Waals surface area contributed by atoms with E-state index in [9.17, 15) is 0 Å². The molecule has 1 heterocycles. The van der Waals surface area contributed by atoms with Crippen LogP contribution < -0.4 is 0 Å². The van der Waals surface area contributed by atoms with Gasteiger partial charge in [0.1, 0.15) is 0 Å². The van der Waals surface area contributed by atoms with Crippen LogP contribution in [0.25, 0.3) is 0 Å². The maximum atomic E-state index is 5.64. The zero-order chi connectivity index (χ0) is 18.0. The highest BCUT2D eigenvalue weighted by atomic mass is 16.6. The topological polar surface area (TPSA) is 12.5 Å². The maximum absolute atomic E-state index is 5.64. The molecule has 0 saturated carbocycles. The average Bonchev–Trinajstić information content (AvgIpc) is 3.14. The van der Waals surface area contributed by atoms with Gasteiger partial charge in [0.2, 0.25) is 0 Å². The summed E-state index contributed by atoms with van der Waals surface area (Å²) in [6.07, 6.45) is 18.9. The van der Waals surface area contributed by atoms with Gasteiger partial charge in [0, 0.05) is 0 Å². The first kappa shape index (κ1) is 21.0. The predicted molar refractivity (Wildman–Crippen MR) is 107 cm³/mol. The highest BCUT2D eigenvalue weighted by molar-refractivity contribution is 5.06. The molecular weight excluding hydrogens is 292 g/mol. The number of allylic oxidation sites excluding steroid dienone is 7. The molecule has 0 bridgehead atoms. The van der Waals surface area contributed by atoms with Gasteiger partial charge in [-0.1, -0.05) is 41.0 Å². The molecule has 1 aliphatic heterocycles. The van der Waals surface area contributed by atoms with E-state index in [1.807, 2.05) is 6.08 Å². The maximum Gasteiger partial charge on any atom is 0.0892 e. The molecule has 0 spiro atoms. The van der Waals surface area contributed by atoms with Crippen LogP contribution in [0.15, 0.2) is 47.6 Å². The molecule has 1 rings (SSSR count). The number of unbranched alkanes of at least 4 members (excludes halogenated alkanes) is 1. The number of epoxide rings is 1. The van der Waals surface area contributed by atoms with Gasteiger partial charge in [0.25, 0.3) is 0 Å². The monoisotopic (exact) mass is 330 g/mol. The van der Waals surface area contributed by atoms with Crippen LogP contribution in [0.3, 0.4) is 0 Å². The minimum absolute atomic E-state index is 0.137. The lowest BCUT2D eigenvalue weighted by Crippen LogP contribution is -2.02. The minimum atomic E-state index is 0.137. The Morgan fingerprint density at radius 1 is 0.833 bits per heavy atom. The molecule has 0 aromatic rings. The van der Waals surface area contributed by atoms with Gasteiger partial charge in [-0.05, 0) is 86.0 Å². The van der Waals surface area contributed by atoms with Gasteiger partial charge < -0.3 is 4.74 Å². The molecule has 0 aliphatic carbocycles. The second-order valence-corrected chi connectivity index (χ2v) is 7.84. The summed E-state index contributed by atoms with van der Waals surface area (Å²) in [5.41, 5.74) is 4.65. The van der Waals surface area contributed by atoms with Crippen LogP contribution >= 0.6 is 0 Å². The van der Waals surface area contributed by atoms with Crippen molar-refractivity contribution in [3.05, 3.63) is 47.6 Å². The number of hydrogen-bond donors (Lipinski definition) is 0. The van der Waals surface area contributed by atoms with Crippen LogP contribution in [0.5, 0.6) is 0 Å². The highest BCUT2D eigenvalue weighted by Crippen LogP contribution is 2.38. The van der Waals surface area contributed by atoms with E-state index >= 15 is 0 Å². The molecule has 0 N–H and O–H groups in total. The fourth-order valence-electron chi connectivity index (χ4n) is 2.94. The van der Waals surface area contributed by atoms with Crippen LogP contribution in [0.1, 0.15) is 86.0 Å². The number of ether oxygens (including phenoxy) is 1. The molecule has 1 aliphatic rings. The average molecular weight is 331 g/mol. The van der Waals surface area contributed by atoms with Crippen molar-refractivity contribution in [2.45, 2.75) is 97.7 Å². The van der Waals surface area contributed by atoms with Crippen LogP contribution in [-0.2, 0) is 4.74 Å². The molecule has 0 amide bonds. The van der Waals surface area contributed by atoms with Gasteiger partial charge in [-0.15, -0.1) is 6.58 Å². The summed E-state index contributed by atoms with van der Waals surface area (Å²) in [7, 11) is 0. The van der Waals surface area contributed by atoms with Crippen LogP contribution in [0.4, 0.5) is 0 Å². The van der Waals surface area contributed by atoms with Crippen LogP contribution in [-0.4, -0.2) is 11.7 Å². The summed E-state index contributed by atoms with van der Waals surface area (Å²) >= 11 is 0. The fraction of sp³-hybridized carbons (Fsp3) is 0.652. The SMILES string of the molecule is C=CCC/C(C)=C/CC/C=C(\C)CCC=C(C)CCC1OC1(C)C. The molecule has 1 unspecified atom stereocenters. The Morgan fingerprint density at radius 3 is 1.79 bits per heavy atom. The Labute approximate surface area is 150 Å². The van der Waals surface area contributed by atoms with Gasteiger partial charge in [-0.2, -0.15) is 0 Å². The predicted octanol–water partition coefficient (Wildman–Crippen LogP) is 7.31.